The molecule has 1 heteroatoms. The Balaban J connectivity index is 2.39. The molecule has 1 rings (SSSR count). The Kier molecular flexibility index (Phi) is 2.04. The zero-order chi connectivity index (χ0) is 6.69. The normalized spacial score (nSPS) is 28.1. The number of ketones is 1. The molecule has 1 saturated carbocycles. The Morgan fingerprint density at radius 2 is 2.44 bits per heavy atom. The summed E-state index contributed by atoms with van der Waals surface area (Å²) in [5.74, 6) is 0.987. The molecule has 0 aromatic heterocycles. The number of carbonyl (C=O) groups excluding carboxylic acids is 1. The third-order valence-electron chi connectivity index (χ3n) is 1.75. The first-order valence-electron chi connectivity index (χ1n) is 3.47. The lowest BCUT2D eigenvalue weighted by atomic mass is 10.1. The highest BCUT2D eigenvalue weighted by Crippen LogP contribution is 2.22. The lowest BCUT2D eigenvalue weighted by Gasteiger charge is -1.95. The van der Waals surface area contributed by atoms with Crippen LogP contribution in [-0.2, 0) is 4.79 Å². The molecule has 0 heterocycles. The molecule has 0 saturated heterocycles. The Bertz CT molecular complexity index is 136. The average Bonchev–Trinajstić information content (AvgIpc) is 2.17. The third kappa shape index (κ3) is 1.67. The van der Waals surface area contributed by atoms with E-state index in [-0.39, 0.29) is 0 Å². The van der Waals surface area contributed by atoms with Gasteiger partial charge in [-0.15, -0.1) is 0 Å². The van der Waals surface area contributed by atoms with Crippen LogP contribution in [0.25, 0.3) is 0 Å². The fourth-order valence-electron chi connectivity index (χ4n) is 1.28. The van der Waals surface area contributed by atoms with E-state index in [1.54, 1.807) is 0 Å². The Labute approximate surface area is 55.8 Å². The van der Waals surface area contributed by atoms with Crippen LogP contribution in [0, 0.1) is 5.92 Å². The molecule has 0 aliphatic heterocycles. The summed E-state index contributed by atoms with van der Waals surface area (Å²) >= 11 is 0. The minimum absolute atomic E-state index is 0.429. The zero-order valence-corrected chi connectivity index (χ0v) is 5.76. The van der Waals surface area contributed by atoms with Gasteiger partial charge in [-0.3, -0.25) is 4.79 Å². The molecule has 50 valence electrons. The summed E-state index contributed by atoms with van der Waals surface area (Å²) in [6.45, 7) is 2.00. The maximum absolute atomic E-state index is 10.7. The van der Waals surface area contributed by atoms with Crippen molar-refractivity contribution in [2.75, 3.05) is 0 Å². The van der Waals surface area contributed by atoms with Crippen LogP contribution in [0.15, 0.2) is 12.2 Å². The highest BCUT2D eigenvalue weighted by Gasteiger charge is 2.18. The summed E-state index contributed by atoms with van der Waals surface area (Å²) < 4.78 is 0. The largest absolute Gasteiger partial charge is 0.300 e. The van der Waals surface area contributed by atoms with E-state index in [1.807, 2.05) is 13.0 Å². The van der Waals surface area contributed by atoms with Gasteiger partial charge < -0.3 is 0 Å². The number of hydrogen-bond donors (Lipinski definition) is 0. The van der Waals surface area contributed by atoms with Crippen molar-refractivity contribution in [3.8, 4) is 0 Å². The van der Waals surface area contributed by atoms with E-state index in [9.17, 15) is 4.79 Å². The summed E-state index contributed by atoms with van der Waals surface area (Å²) in [6, 6.07) is 0. The Morgan fingerprint density at radius 3 is 2.89 bits per heavy atom. The van der Waals surface area contributed by atoms with Crippen LogP contribution in [0.1, 0.15) is 26.2 Å². The van der Waals surface area contributed by atoms with Crippen molar-refractivity contribution in [2.45, 2.75) is 26.2 Å². The van der Waals surface area contributed by atoms with Gasteiger partial charge in [0.15, 0.2) is 0 Å². The Hall–Kier alpha value is -0.590. The van der Waals surface area contributed by atoms with Crippen molar-refractivity contribution in [3.63, 3.8) is 0 Å². The SMILES string of the molecule is C/C=C/C1CCC(=O)C1. The van der Waals surface area contributed by atoms with E-state index in [0.717, 1.165) is 19.3 Å². The molecule has 0 radical (unpaired) electrons. The standard InChI is InChI=1S/C8H12O/c1-2-3-7-4-5-8(9)6-7/h2-3,7H,4-6H2,1H3/b3-2+. The van der Waals surface area contributed by atoms with Crippen molar-refractivity contribution in [3.05, 3.63) is 12.2 Å². The van der Waals surface area contributed by atoms with Crippen molar-refractivity contribution in [1.82, 2.24) is 0 Å². The molecule has 0 spiro atoms. The molecule has 0 aromatic rings. The predicted octanol–water partition coefficient (Wildman–Crippen LogP) is 1.93. The molecular weight excluding hydrogens is 112 g/mol. The second-order valence-corrected chi connectivity index (χ2v) is 2.57. The molecule has 0 amide bonds. The molecule has 1 unspecified atom stereocenters. The van der Waals surface area contributed by atoms with Gasteiger partial charge in [0.1, 0.15) is 5.78 Å². The average molecular weight is 124 g/mol. The van der Waals surface area contributed by atoms with Gasteiger partial charge in [0.25, 0.3) is 0 Å². The first kappa shape index (κ1) is 6.53. The van der Waals surface area contributed by atoms with Crippen molar-refractivity contribution < 1.29 is 4.79 Å². The highest BCUT2D eigenvalue weighted by molar-refractivity contribution is 5.80. The molecule has 1 fully saturated rings. The lowest BCUT2D eigenvalue weighted by Crippen LogP contribution is -1.89. The topological polar surface area (TPSA) is 17.1 Å². The number of hydrogen-bond acceptors (Lipinski definition) is 1. The maximum Gasteiger partial charge on any atom is 0.133 e. The summed E-state index contributed by atoms with van der Waals surface area (Å²) in [5, 5.41) is 0. The van der Waals surface area contributed by atoms with Gasteiger partial charge in [-0.2, -0.15) is 0 Å². The second-order valence-electron chi connectivity index (χ2n) is 2.57. The lowest BCUT2D eigenvalue weighted by molar-refractivity contribution is -0.117. The summed E-state index contributed by atoms with van der Waals surface area (Å²) in [7, 11) is 0. The summed E-state index contributed by atoms with van der Waals surface area (Å²) in [5.41, 5.74) is 0. The third-order valence-corrected chi connectivity index (χ3v) is 1.75. The van der Waals surface area contributed by atoms with E-state index in [4.69, 9.17) is 0 Å². The molecule has 0 aromatic carbocycles. The highest BCUT2D eigenvalue weighted by atomic mass is 16.1. The van der Waals surface area contributed by atoms with Crippen LogP contribution in [0.5, 0.6) is 0 Å². The van der Waals surface area contributed by atoms with Crippen LogP contribution in [0.4, 0.5) is 0 Å². The number of Topliss-reactive ketones (excluding diaryl/α,β-unsaturated/α-hetero) is 1. The van der Waals surface area contributed by atoms with Crippen LogP contribution in [0.2, 0.25) is 0 Å². The monoisotopic (exact) mass is 124 g/mol. The zero-order valence-electron chi connectivity index (χ0n) is 5.76. The molecule has 1 atom stereocenters. The van der Waals surface area contributed by atoms with Gasteiger partial charge in [0.05, 0.1) is 0 Å². The smallest absolute Gasteiger partial charge is 0.133 e. The van der Waals surface area contributed by atoms with Crippen molar-refractivity contribution >= 4 is 5.78 Å². The van der Waals surface area contributed by atoms with Gasteiger partial charge >= 0.3 is 0 Å². The summed E-state index contributed by atoms with van der Waals surface area (Å²) in [6.07, 6.45) is 6.82. The molecule has 1 nitrogen and oxygen atoms in total. The van der Waals surface area contributed by atoms with Gasteiger partial charge in [-0.05, 0) is 19.3 Å². The van der Waals surface area contributed by atoms with Crippen LogP contribution >= 0.6 is 0 Å². The minimum atomic E-state index is 0.429. The Morgan fingerprint density at radius 1 is 1.67 bits per heavy atom. The number of allylic oxidation sites excluding steroid dienone is 2. The first-order chi connectivity index (χ1) is 4.33. The molecular formula is C8H12O. The van der Waals surface area contributed by atoms with Crippen LogP contribution in [0.3, 0.4) is 0 Å². The molecule has 9 heavy (non-hydrogen) atoms. The predicted molar refractivity (Wildman–Crippen MR) is 37.2 cm³/mol. The van der Waals surface area contributed by atoms with E-state index in [0.29, 0.717) is 11.7 Å². The maximum atomic E-state index is 10.7. The molecule has 1 aliphatic carbocycles. The van der Waals surface area contributed by atoms with Crippen molar-refractivity contribution in [1.29, 1.82) is 0 Å². The van der Waals surface area contributed by atoms with E-state index >= 15 is 0 Å². The van der Waals surface area contributed by atoms with E-state index < -0.39 is 0 Å². The van der Waals surface area contributed by atoms with E-state index in [1.165, 1.54) is 0 Å². The fourth-order valence-corrected chi connectivity index (χ4v) is 1.28. The fraction of sp³-hybridized carbons (Fsp3) is 0.625. The van der Waals surface area contributed by atoms with E-state index in [2.05, 4.69) is 6.08 Å². The van der Waals surface area contributed by atoms with Crippen LogP contribution in [-0.4, -0.2) is 5.78 Å². The summed E-state index contributed by atoms with van der Waals surface area (Å²) in [4.78, 5) is 10.7. The molecule has 0 bridgehead atoms. The number of carbonyl (C=O) groups is 1. The minimum Gasteiger partial charge on any atom is -0.300 e. The van der Waals surface area contributed by atoms with Gasteiger partial charge in [0, 0.05) is 12.8 Å². The second kappa shape index (κ2) is 2.81. The first-order valence-corrected chi connectivity index (χ1v) is 3.47. The van der Waals surface area contributed by atoms with Crippen molar-refractivity contribution in [2.24, 2.45) is 5.92 Å². The number of rotatable bonds is 1. The van der Waals surface area contributed by atoms with Crippen LogP contribution < -0.4 is 0 Å². The van der Waals surface area contributed by atoms with Gasteiger partial charge in [-0.1, -0.05) is 12.2 Å². The molecule has 1 aliphatic rings. The molecule has 0 N–H and O–H groups in total. The quantitative estimate of drug-likeness (QED) is 0.488. The van der Waals surface area contributed by atoms with Gasteiger partial charge in [0.2, 0.25) is 0 Å². The van der Waals surface area contributed by atoms with Gasteiger partial charge in [-0.25, -0.2) is 0 Å².